The maximum atomic E-state index is 12.6. The number of benzene rings is 1. The maximum absolute atomic E-state index is 12.6. The topological polar surface area (TPSA) is 83.5 Å². The van der Waals surface area contributed by atoms with Gasteiger partial charge < -0.3 is 15.3 Å². The van der Waals surface area contributed by atoms with Crippen LogP contribution in [0.5, 0.6) is 0 Å². The molecule has 2 N–H and O–H groups in total. The first-order valence-corrected chi connectivity index (χ1v) is 11.3. The summed E-state index contributed by atoms with van der Waals surface area (Å²) in [5.74, 6) is 0.366. The number of aliphatic hydroxyl groups is 1. The number of fused-ring (bicyclic) bond motifs is 1. The molecule has 1 aliphatic heterocycles. The highest BCUT2D eigenvalue weighted by molar-refractivity contribution is 5.71. The number of piperidine rings is 1. The second kappa shape index (κ2) is 9.02. The van der Waals surface area contributed by atoms with E-state index in [0.717, 1.165) is 31.6 Å². The minimum absolute atomic E-state index is 0.117. The number of rotatable bonds is 7. The molecule has 5 rings (SSSR count). The summed E-state index contributed by atoms with van der Waals surface area (Å²) in [5.41, 5.74) is 4.36. The van der Waals surface area contributed by atoms with Gasteiger partial charge in [-0.25, -0.2) is 13.3 Å². The third-order valence-electron chi connectivity index (χ3n) is 6.58. The molecule has 3 aromatic heterocycles. The first-order valence-electron chi connectivity index (χ1n) is 11.3. The highest BCUT2D eigenvalue weighted by atomic mass is 19.3. The van der Waals surface area contributed by atoms with E-state index in [2.05, 4.69) is 56.6 Å². The fourth-order valence-electron chi connectivity index (χ4n) is 4.61. The first-order chi connectivity index (χ1) is 16.5. The molecule has 0 bridgehead atoms. The second-order valence-corrected chi connectivity index (χ2v) is 8.86. The quantitative estimate of drug-likeness (QED) is 0.431. The second-order valence-electron chi connectivity index (χ2n) is 8.86. The van der Waals surface area contributed by atoms with E-state index in [4.69, 9.17) is 0 Å². The van der Waals surface area contributed by atoms with Crippen LogP contribution in [0.25, 0.3) is 5.65 Å². The fourth-order valence-corrected chi connectivity index (χ4v) is 4.61. The standard InChI is InChI=1S/C24H27F2N7O/c1-17-4-6-18(7-5-17)24(16-34)8-11-31(12-9-24)20-3-2-10-33-22(20)29-23(30-33)28-19-13-27-32(14-19)15-21(25)26/h2-7,10,13-14,21,34H,8-9,11-12,15-16H2,1H3,(H,28,30). The number of anilines is 3. The zero-order valence-electron chi connectivity index (χ0n) is 18.9. The molecule has 4 aromatic rings. The summed E-state index contributed by atoms with van der Waals surface area (Å²) in [4.78, 5) is 6.92. The molecule has 8 nitrogen and oxygen atoms in total. The van der Waals surface area contributed by atoms with Crippen molar-refractivity contribution in [2.45, 2.75) is 38.2 Å². The summed E-state index contributed by atoms with van der Waals surface area (Å²) in [5, 5.41) is 21.7. The molecule has 0 aliphatic carbocycles. The van der Waals surface area contributed by atoms with Gasteiger partial charge in [-0.3, -0.25) is 4.68 Å². The number of halogens is 2. The van der Waals surface area contributed by atoms with Crippen molar-refractivity contribution in [2.75, 3.05) is 29.9 Å². The number of aryl methyl sites for hydroxylation is 1. The molecule has 0 spiro atoms. The van der Waals surface area contributed by atoms with Crippen LogP contribution in [0.2, 0.25) is 0 Å². The van der Waals surface area contributed by atoms with Gasteiger partial charge in [0.05, 0.1) is 24.2 Å². The Morgan fingerprint density at radius 2 is 1.91 bits per heavy atom. The molecule has 0 unspecified atom stereocenters. The van der Waals surface area contributed by atoms with Gasteiger partial charge >= 0.3 is 0 Å². The third-order valence-corrected chi connectivity index (χ3v) is 6.58. The van der Waals surface area contributed by atoms with Crippen molar-refractivity contribution in [2.24, 2.45) is 0 Å². The summed E-state index contributed by atoms with van der Waals surface area (Å²) < 4.78 is 28.0. The Hall–Kier alpha value is -3.53. The summed E-state index contributed by atoms with van der Waals surface area (Å²) in [7, 11) is 0. The number of aliphatic hydroxyl groups excluding tert-OH is 1. The lowest BCUT2D eigenvalue weighted by Gasteiger charge is -2.42. The van der Waals surface area contributed by atoms with Crippen LogP contribution in [0.1, 0.15) is 24.0 Å². The van der Waals surface area contributed by atoms with Gasteiger partial charge in [0, 0.05) is 30.9 Å². The Balaban J connectivity index is 1.34. The Morgan fingerprint density at radius 3 is 2.62 bits per heavy atom. The Bertz CT molecular complexity index is 1260. The summed E-state index contributed by atoms with van der Waals surface area (Å²) in [6.45, 7) is 3.29. The van der Waals surface area contributed by atoms with E-state index in [1.165, 1.54) is 28.2 Å². The van der Waals surface area contributed by atoms with Crippen LogP contribution in [-0.4, -0.2) is 55.6 Å². The summed E-state index contributed by atoms with van der Waals surface area (Å²) in [6, 6.07) is 12.4. The fraction of sp³-hybridized carbons (Fsp3) is 0.375. The van der Waals surface area contributed by atoms with Gasteiger partial charge in [-0.15, -0.1) is 5.10 Å². The van der Waals surface area contributed by atoms with E-state index >= 15 is 0 Å². The monoisotopic (exact) mass is 467 g/mol. The molecule has 0 atom stereocenters. The van der Waals surface area contributed by atoms with Gasteiger partial charge in [-0.1, -0.05) is 29.8 Å². The van der Waals surface area contributed by atoms with Gasteiger partial charge in [-0.2, -0.15) is 10.1 Å². The Morgan fingerprint density at radius 1 is 1.15 bits per heavy atom. The smallest absolute Gasteiger partial charge is 0.257 e. The van der Waals surface area contributed by atoms with Crippen molar-refractivity contribution >= 4 is 23.0 Å². The van der Waals surface area contributed by atoms with Crippen molar-refractivity contribution in [3.63, 3.8) is 0 Å². The average molecular weight is 468 g/mol. The van der Waals surface area contributed by atoms with Crippen LogP contribution < -0.4 is 10.2 Å². The molecular formula is C24H27F2N7O. The molecule has 34 heavy (non-hydrogen) atoms. The number of pyridine rings is 1. The number of hydrogen-bond donors (Lipinski definition) is 2. The lowest BCUT2D eigenvalue weighted by molar-refractivity contribution is 0.122. The first kappa shape index (κ1) is 22.3. The minimum atomic E-state index is -2.47. The van der Waals surface area contributed by atoms with Crippen LogP contribution in [0.4, 0.5) is 26.1 Å². The molecule has 1 aromatic carbocycles. The van der Waals surface area contributed by atoms with E-state index in [9.17, 15) is 13.9 Å². The highest BCUT2D eigenvalue weighted by Crippen LogP contribution is 2.37. The summed E-state index contributed by atoms with van der Waals surface area (Å²) >= 11 is 0. The zero-order valence-corrected chi connectivity index (χ0v) is 18.9. The van der Waals surface area contributed by atoms with Crippen molar-refractivity contribution in [1.29, 1.82) is 0 Å². The maximum Gasteiger partial charge on any atom is 0.257 e. The molecule has 178 valence electrons. The van der Waals surface area contributed by atoms with E-state index < -0.39 is 13.0 Å². The van der Waals surface area contributed by atoms with Crippen molar-refractivity contribution in [3.8, 4) is 0 Å². The molecule has 1 fully saturated rings. The van der Waals surface area contributed by atoms with E-state index in [-0.39, 0.29) is 12.0 Å². The van der Waals surface area contributed by atoms with E-state index in [0.29, 0.717) is 17.3 Å². The Kier molecular flexibility index (Phi) is 5.91. The van der Waals surface area contributed by atoms with Crippen molar-refractivity contribution < 1.29 is 13.9 Å². The molecule has 4 heterocycles. The van der Waals surface area contributed by atoms with Gasteiger partial charge in [0.1, 0.15) is 6.54 Å². The molecular weight excluding hydrogens is 440 g/mol. The number of aromatic nitrogens is 5. The summed E-state index contributed by atoms with van der Waals surface area (Å²) in [6.07, 6.45) is 3.99. The average Bonchev–Trinajstić information content (AvgIpc) is 3.45. The normalized spacial score (nSPS) is 15.9. The largest absolute Gasteiger partial charge is 0.395 e. The zero-order chi connectivity index (χ0) is 23.7. The molecule has 10 heteroatoms. The predicted molar refractivity (Wildman–Crippen MR) is 126 cm³/mol. The SMILES string of the molecule is Cc1ccc(C2(CO)CCN(c3cccn4nc(Nc5cnn(CC(F)F)c5)nc34)CC2)cc1. The van der Waals surface area contributed by atoms with E-state index in [1.807, 2.05) is 18.3 Å². The Labute approximate surface area is 195 Å². The molecule has 1 aliphatic rings. The van der Waals surface area contributed by atoms with Gasteiger partial charge in [0.25, 0.3) is 6.43 Å². The number of nitrogens with one attached hydrogen (secondary N) is 1. The van der Waals surface area contributed by atoms with Crippen LogP contribution in [0.15, 0.2) is 55.0 Å². The highest BCUT2D eigenvalue weighted by Gasteiger charge is 2.36. The number of nitrogens with zero attached hydrogens (tertiary/aromatic N) is 6. The van der Waals surface area contributed by atoms with Crippen LogP contribution in [0, 0.1) is 6.92 Å². The van der Waals surface area contributed by atoms with Gasteiger partial charge in [0.15, 0.2) is 5.65 Å². The molecule has 1 saturated heterocycles. The lowest BCUT2D eigenvalue weighted by Crippen LogP contribution is -2.45. The predicted octanol–water partition coefficient (Wildman–Crippen LogP) is 3.77. The van der Waals surface area contributed by atoms with Gasteiger partial charge in [0.2, 0.25) is 5.95 Å². The lowest BCUT2D eigenvalue weighted by atomic mass is 9.73. The van der Waals surface area contributed by atoms with Crippen LogP contribution in [-0.2, 0) is 12.0 Å². The number of alkyl halides is 2. The molecule has 0 radical (unpaired) electrons. The van der Waals surface area contributed by atoms with Crippen LogP contribution in [0.3, 0.4) is 0 Å². The van der Waals surface area contributed by atoms with Crippen molar-refractivity contribution in [3.05, 3.63) is 66.1 Å². The van der Waals surface area contributed by atoms with Crippen LogP contribution >= 0.6 is 0 Å². The van der Waals surface area contributed by atoms with Gasteiger partial charge in [-0.05, 0) is 37.5 Å². The number of hydrogen-bond acceptors (Lipinski definition) is 6. The molecule has 0 saturated carbocycles. The van der Waals surface area contributed by atoms with E-state index in [1.54, 1.807) is 4.52 Å². The van der Waals surface area contributed by atoms with Crippen molar-refractivity contribution in [1.82, 2.24) is 24.4 Å². The minimum Gasteiger partial charge on any atom is -0.395 e. The third kappa shape index (κ3) is 4.33. The molecule has 0 amide bonds.